The summed E-state index contributed by atoms with van der Waals surface area (Å²) in [7, 11) is -1.65. The minimum absolute atomic E-state index is 0.361. The molecule has 1 heterocycles. The van der Waals surface area contributed by atoms with Crippen LogP contribution in [0.3, 0.4) is 0 Å². The third-order valence-electron chi connectivity index (χ3n) is 1.94. The summed E-state index contributed by atoms with van der Waals surface area (Å²) in [5.74, 6) is 0.361. The summed E-state index contributed by atoms with van der Waals surface area (Å²) in [4.78, 5) is 0.978. The van der Waals surface area contributed by atoms with Gasteiger partial charge in [-0.2, -0.15) is 8.42 Å². The maximum atomic E-state index is 11.1. The van der Waals surface area contributed by atoms with Gasteiger partial charge in [0.1, 0.15) is 0 Å². The predicted molar refractivity (Wildman–Crippen MR) is 64.0 cm³/mol. The minimum atomic E-state index is -3.49. The van der Waals surface area contributed by atoms with Gasteiger partial charge in [0.05, 0.1) is 12.5 Å². The molecule has 1 aromatic carbocycles. The van der Waals surface area contributed by atoms with Crippen molar-refractivity contribution in [2.45, 2.75) is 4.90 Å². The van der Waals surface area contributed by atoms with Crippen molar-refractivity contribution >= 4 is 27.8 Å². The molecule has 1 aliphatic rings. The summed E-state index contributed by atoms with van der Waals surface area (Å²) in [6.07, 6.45) is 2.70. The van der Waals surface area contributed by atoms with Crippen LogP contribution in [0.25, 0.3) is 5.76 Å². The average molecular weight is 257 g/mol. The first kappa shape index (κ1) is 11.3. The Morgan fingerprint density at radius 2 is 2.00 bits per heavy atom. The van der Waals surface area contributed by atoms with E-state index in [2.05, 4.69) is 0 Å². The summed E-state index contributed by atoms with van der Waals surface area (Å²) >= 11 is 1.52. The summed E-state index contributed by atoms with van der Waals surface area (Å²) in [5, 5.41) is 0. The Kier molecular flexibility index (Phi) is 2.86. The number of hydrogen-bond donors (Lipinski definition) is 0. The molecule has 2 rings (SSSR count). The fourth-order valence-corrected chi connectivity index (χ4v) is 2.72. The first-order valence-corrected chi connectivity index (χ1v) is 7.16. The molecule has 1 aliphatic heterocycles. The summed E-state index contributed by atoms with van der Waals surface area (Å²) in [6.45, 7) is 0. The minimum Gasteiger partial charge on any atom is -0.380 e. The Labute approximate surface area is 99.2 Å². The zero-order valence-corrected chi connectivity index (χ0v) is 10.5. The zero-order valence-electron chi connectivity index (χ0n) is 8.88. The molecule has 0 N–H and O–H groups in total. The SMILES string of the molecule is CN1C=C(OS(C)(=O)=O)c2ccccc2S1. The van der Waals surface area contributed by atoms with Gasteiger partial charge in [-0.25, -0.2) is 0 Å². The predicted octanol–water partition coefficient (Wildman–Crippen LogP) is 1.91. The lowest BCUT2D eigenvalue weighted by Gasteiger charge is -2.23. The third kappa shape index (κ3) is 2.51. The fraction of sp³-hybridized carbons (Fsp3) is 0.200. The summed E-state index contributed by atoms with van der Waals surface area (Å²) in [5.41, 5.74) is 0.802. The Morgan fingerprint density at radius 3 is 2.69 bits per heavy atom. The van der Waals surface area contributed by atoms with Crippen LogP contribution in [0.15, 0.2) is 35.4 Å². The number of rotatable bonds is 2. The largest absolute Gasteiger partial charge is 0.380 e. The van der Waals surface area contributed by atoms with Crippen LogP contribution in [0, 0.1) is 0 Å². The summed E-state index contributed by atoms with van der Waals surface area (Å²) < 4.78 is 29.0. The molecule has 0 fully saturated rings. The number of fused-ring (bicyclic) bond motifs is 1. The molecular weight excluding hydrogens is 246 g/mol. The van der Waals surface area contributed by atoms with Crippen molar-refractivity contribution in [3.63, 3.8) is 0 Å². The molecular formula is C10H11NO3S2. The lowest BCUT2D eigenvalue weighted by Crippen LogP contribution is -2.11. The second-order valence-corrected chi connectivity index (χ2v) is 6.19. The van der Waals surface area contributed by atoms with Gasteiger partial charge < -0.3 is 8.49 Å². The molecule has 0 atom stereocenters. The van der Waals surface area contributed by atoms with E-state index >= 15 is 0 Å². The molecule has 0 saturated heterocycles. The highest BCUT2D eigenvalue weighted by Crippen LogP contribution is 2.36. The van der Waals surface area contributed by atoms with E-state index in [1.807, 2.05) is 35.6 Å². The van der Waals surface area contributed by atoms with Crippen LogP contribution in [0.5, 0.6) is 0 Å². The van der Waals surface area contributed by atoms with Gasteiger partial charge in [0, 0.05) is 17.5 Å². The van der Waals surface area contributed by atoms with E-state index in [4.69, 9.17) is 4.18 Å². The first-order chi connectivity index (χ1) is 7.46. The van der Waals surface area contributed by atoms with Gasteiger partial charge >= 0.3 is 10.1 Å². The van der Waals surface area contributed by atoms with Gasteiger partial charge in [0.15, 0.2) is 5.76 Å². The summed E-state index contributed by atoms with van der Waals surface area (Å²) in [6, 6.07) is 7.52. The Bertz CT molecular complexity index is 537. The highest BCUT2D eigenvalue weighted by atomic mass is 32.2. The van der Waals surface area contributed by atoms with Crippen LogP contribution in [0.1, 0.15) is 5.56 Å². The quantitative estimate of drug-likeness (QED) is 0.598. The molecule has 6 heteroatoms. The highest BCUT2D eigenvalue weighted by Gasteiger charge is 2.19. The highest BCUT2D eigenvalue weighted by molar-refractivity contribution is 7.97. The molecule has 0 spiro atoms. The molecule has 86 valence electrons. The van der Waals surface area contributed by atoms with Crippen molar-refractivity contribution in [3.8, 4) is 0 Å². The number of benzene rings is 1. The Balaban J connectivity index is 2.44. The molecule has 0 aromatic heterocycles. The maximum absolute atomic E-state index is 11.1. The second-order valence-electron chi connectivity index (χ2n) is 3.41. The topological polar surface area (TPSA) is 46.6 Å². The standard InChI is InChI=1S/C10H11NO3S2/c1-11-7-9(14-16(2,12)13)8-5-3-4-6-10(8)15-11/h3-7H,1-2H3. The average Bonchev–Trinajstić information content (AvgIpc) is 2.14. The van der Waals surface area contributed by atoms with Crippen molar-refractivity contribution < 1.29 is 12.6 Å². The van der Waals surface area contributed by atoms with Crippen molar-refractivity contribution in [1.82, 2.24) is 4.31 Å². The lowest BCUT2D eigenvalue weighted by atomic mass is 10.2. The Hall–Kier alpha value is -1.14. The van der Waals surface area contributed by atoms with E-state index in [0.29, 0.717) is 5.76 Å². The molecule has 16 heavy (non-hydrogen) atoms. The van der Waals surface area contributed by atoms with E-state index < -0.39 is 10.1 Å². The van der Waals surface area contributed by atoms with Gasteiger partial charge in [0.25, 0.3) is 0 Å². The van der Waals surface area contributed by atoms with Crippen LogP contribution >= 0.6 is 11.9 Å². The number of nitrogens with zero attached hydrogens (tertiary/aromatic N) is 1. The van der Waals surface area contributed by atoms with Crippen LogP contribution in [-0.4, -0.2) is 26.0 Å². The third-order valence-corrected chi connectivity index (χ3v) is 3.36. The van der Waals surface area contributed by atoms with E-state index in [1.54, 1.807) is 6.20 Å². The van der Waals surface area contributed by atoms with E-state index in [1.165, 1.54) is 11.9 Å². The Morgan fingerprint density at radius 1 is 1.31 bits per heavy atom. The molecule has 0 aliphatic carbocycles. The smallest absolute Gasteiger partial charge is 0.306 e. The normalized spacial score (nSPS) is 15.4. The van der Waals surface area contributed by atoms with Crippen LogP contribution < -0.4 is 0 Å². The fourth-order valence-electron chi connectivity index (χ4n) is 1.40. The van der Waals surface area contributed by atoms with Gasteiger partial charge in [0.2, 0.25) is 0 Å². The van der Waals surface area contributed by atoms with E-state index in [-0.39, 0.29) is 0 Å². The molecule has 0 bridgehead atoms. The van der Waals surface area contributed by atoms with Crippen molar-refractivity contribution in [3.05, 3.63) is 36.0 Å². The first-order valence-electron chi connectivity index (χ1n) is 4.57. The van der Waals surface area contributed by atoms with Gasteiger partial charge in [-0.05, 0) is 24.1 Å². The van der Waals surface area contributed by atoms with Crippen molar-refractivity contribution in [2.24, 2.45) is 0 Å². The second kappa shape index (κ2) is 4.03. The van der Waals surface area contributed by atoms with Gasteiger partial charge in [-0.15, -0.1) is 0 Å². The van der Waals surface area contributed by atoms with Crippen LogP contribution in [0.2, 0.25) is 0 Å². The van der Waals surface area contributed by atoms with Gasteiger partial charge in [-0.3, -0.25) is 0 Å². The van der Waals surface area contributed by atoms with E-state index in [0.717, 1.165) is 16.7 Å². The van der Waals surface area contributed by atoms with Crippen LogP contribution in [-0.2, 0) is 14.3 Å². The molecule has 1 aromatic rings. The number of hydrogen-bond acceptors (Lipinski definition) is 5. The molecule has 0 radical (unpaired) electrons. The van der Waals surface area contributed by atoms with Crippen molar-refractivity contribution in [2.75, 3.05) is 13.3 Å². The monoisotopic (exact) mass is 257 g/mol. The van der Waals surface area contributed by atoms with Gasteiger partial charge in [-0.1, -0.05) is 12.1 Å². The maximum Gasteiger partial charge on any atom is 0.306 e. The molecule has 4 nitrogen and oxygen atoms in total. The van der Waals surface area contributed by atoms with Crippen LogP contribution in [0.4, 0.5) is 0 Å². The zero-order chi connectivity index (χ0) is 11.8. The van der Waals surface area contributed by atoms with E-state index in [9.17, 15) is 8.42 Å². The van der Waals surface area contributed by atoms with Crippen molar-refractivity contribution in [1.29, 1.82) is 0 Å². The molecule has 0 saturated carbocycles. The molecule has 0 unspecified atom stereocenters. The lowest BCUT2D eigenvalue weighted by molar-refractivity contribution is 0.464. The molecule has 0 amide bonds.